The van der Waals surface area contributed by atoms with Gasteiger partial charge in [-0.15, -0.1) is 0 Å². The Labute approximate surface area is 161 Å². The molecule has 0 amide bonds. The predicted octanol–water partition coefficient (Wildman–Crippen LogP) is 4.11. The van der Waals surface area contributed by atoms with Crippen LogP contribution in [0.2, 0.25) is 5.02 Å². The molecule has 0 saturated carbocycles. The summed E-state index contributed by atoms with van der Waals surface area (Å²) in [6.45, 7) is 6.71. The number of aromatic nitrogens is 5. The van der Waals surface area contributed by atoms with E-state index in [0.717, 1.165) is 16.5 Å². The van der Waals surface area contributed by atoms with Crippen molar-refractivity contribution in [3.05, 3.63) is 35.1 Å². The number of methoxy groups -OCH3 is 1. The van der Waals surface area contributed by atoms with Crippen molar-refractivity contribution in [3.63, 3.8) is 0 Å². The number of anilines is 1. The SMILES string of the molecule is COCc1ccc2c(Cl)c(-c3nn(C(C)(C)C)c4ncnc(N)c34)[nH]c2c1. The third-order valence-corrected chi connectivity index (χ3v) is 4.87. The van der Waals surface area contributed by atoms with Crippen molar-refractivity contribution in [1.82, 2.24) is 24.7 Å². The van der Waals surface area contributed by atoms with Crippen molar-refractivity contribution in [1.29, 1.82) is 0 Å². The molecule has 4 aromatic rings. The zero-order valence-electron chi connectivity index (χ0n) is 15.7. The molecule has 3 aromatic heterocycles. The van der Waals surface area contributed by atoms with E-state index < -0.39 is 0 Å². The molecule has 0 bridgehead atoms. The van der Waals surface area contributed by atoms with Gasteiger partial charge in [-0.3, -0.25) is 0 Å². The summed E-state index contributed by atoms with van der Waals surface area (Å²) in [5.74, 6) is 0.375. The Bertz CT molecular complexity index is 1150. The standard InChI is InChI=1S/C19H21ClN6O/c1-19(2,3)26-18-13(17(21)22-9-23-18)15(25-26)16-14(20)11-6-5-10(8-27-4)7-12(11)24-16/h5-7,9,24H,8H2,1-4H3,(H2,21,22,23). The molecule has 1 aromatic carbocycles. The summed E-state index contributed by atoms with van der Waals surface area (Å²) < 4.78 is 7.07. The number of ether oxygens (including phenoxy) is 1. The molecular weight excluding hydrogens is 364 g/mol. The second kappa shape index (κ2) is 6.21. The molecule has 3 heterocycles. The highest BCUT2D eigenvalue weighted by Gasteiger charge is 2.26. The average Bonchev–Trinajstić information content (AvgIpc) is 3.14. The third-order valence-electron chi connectivity index (χ3n) is 4.48. The van der Waals surface area contributed by atoms with E-state index in [-0.39, 0.29) is 5.54 Å². The lowest BCUT2D eigenvalue weighted by Gasteiger charge is -2.19. The summed E-state index contributed by atoms with van der Waals surface area (Å²) in [6, 6.07) is 6.00. The number of nitrogens with two attached hydrogens (primary N) is 1. The molecule has 0 unspecified atom stereocenters. The van der Waals surface area contributed by atoms with Crippen LogP contribution in [0.4, 0.5) is 5.82 Å². The summed E-state index contributed by atoms with van der Waals surface area (Å²) in [5.41, 5.74) is 9.91. The van der Waals surface area contributed by atoms with E-state index >= 15 is 0 Å². The van der Waals surface area contributed by atoms with Crippen LogP contribution in [0, 0.1) is 0 Å². The number of benzene rings is 1. The second-order valence-corrected chi connectivity index (χ2v) is 7.89. The maximum Gasteiger partial charge on any atom is 0.164 e. The lowest BCUT2D eigenvalue weighted by atomic mass is 10.1. The maximum atomic E-state index is 6.70. The largest absolute Gasteiger partial charge is 0.383 e. The highest BCUT2D eigenvalue weighted by molar-refractivity contribution is 6.38. The number of halogens is 1. The molecule has 140 valence electrons. The number of H-pyrrole nitrogens is 1. The summed E-state index contributed by atoms with van der Waals surface area (Å²) in [7, 11) is 1.67. The highest BCUT2D eigenvalue weighted by atomic mass is 35.5. The highest BCUT2D eigenvalue weighted by Crippen LogP contribution is 2.39. The van der Waals surface area contributed by atoms with Crippen molar-refractivity contribution in [2.24, 2.45) is 0 Å². The fraction of sp³-hybridized carbons (Fsp3) is 0.316. The molecule has 0 aliphatic rings. The maximum absolute atomic E-state index is 6.70. The Morgan fingerprint density at radius 1 is 1.26 bits per heavy atom. The Kier molecular flexibility index (Phi) is 4.09. The molecule has 0 radical (unpaired) electrons. The van der Waals surface area contributed by atoms with Gasteiger partial charge in [-0.25, -0.2) is 14.6 Å². The Morgan fingerprint density at radius 2 is 2.04 bits per heavy atom. The minimum atomic E-state index is -0.276. The van der Waals surface area contributed by atoms with Gasteiger partial charge in [0.2, 0.25) is 0 Å². The first kappa shape index (κ1) is 17.8. The molecule has 0 spiro atoms. The van der Waals surface area contributed by atoms with E-state index in [1.165, 1.54) is 6.33 Å². The van der Waals surface area contributed by atoms with Crippen molar-refractivity contribution < 1.29 is 4.74 Å². The zero-order chi connectivity index (χ0) is 19.3. The Morgan fingerprint density at radius 3 is 2.74 bits per heavy atom. The number of nitrogens with zero attached hydrogens (tertiary/aromatic N) is 4. The molecular formula is C19H21ClN6O. The first-order valence-corrected chi connectivity index (χ1v) is 8.98. The third kappa shape index (κ3) is 2.83. The monoisotopic (exact) mass is 384 g/mol. The van der Waals surface area contributed by atoms with Gasteiger partial charge in [-0.2, -0.15) is 5.10 Å². The van der Waals surface area contributed by atoms with Gasteiger partial charge in [-0.1, -0.05) is 23.7 Å². The van der Waals surface area contributed by atoms with Gasteiger partial charge in [-0.05, 0) is 32.4 Å². The molecule has 0 aliphatic heterocycles. The molecule has 8 heteroatoms. The van der Waals surface area contributed by atoms with E-state index in [1.807, 2.05) is 22.9 Å². The summed E-state index contributed by atoms with van der Waals surface area (Å²) in [5, 5.41) is 7.00. The van der Waals surface area contributed by atoms with Gasteiger partial charge in [0.25, 0.3) is 0 Å². The first-order chi connectivity index (χ1) is 12.8. The van der Waals surface area contributed by atoms with Gasteiger partial charge in [0, 0.05) is 18.0 Å². The number of nitrogen functional groups attached to an aromatic ring is 1. The van der Waals surface area contributed by atoms with Crippen molar-refractivity contribution in [3.8, 4) is 11.4 Å². The van der Waals surface area contributed by atoms with Gasteiger partial charge in [0.05, 0.1) is 28.2 Å². The molecule has 0 aliphatic carbocycles. The van der Waals surface area contributed by atoms with Crippen LogP contribution in [0.15, 0.2) is 24.5 Å². The molecule has 27 heavy (non-hydrogen) atoms. The molecule has 0 atom stereocenters. The molecule has 4 rings (SSSR count). The van der Waals surface area contributed by atoms with Gasteiger partial charge in [0.1, 0.15) is 17.8 Å². The normalized spacial score (nSPS) is 12.3. The van der Waals surface area contributed by atoms with Crippen LogP contribution in [0.5, 0.6) is 0 Å². The van der Waals surface area contributed by atoms with Crippen molar-refractivity contribution >= 4 is 39.4 Å². The minimum absolute atomic E-state index is 0.276. The topological polar surface area (TPSA) is 94.6 Å². The number of rotatable bonds is 3. The lowest BCUT2D eigenvalue weighted by molar-refractivity contribution is 0.185. The van der Waals surface area contributed by atoms with Crippen LogP contribution >= 0.6 is 11.6 Å². The fourth-order valence-corrected chi connectivity index (χ4v) is 3.55. The Balaban J connectivity index is 2.01. The summed E-state index contributed by atoms with van der Waals surface area (Å²) in [4.78, 5) is 12.0. The lowest BCUT2D eigenvalue weighted by Crippen LogP contribution is -2.23. The van der Waals surface area contributed by atoms with E-state index in [9.17, 15) is 0 Å². The number of hydrogen-bond donors (Lipinski definition) is 2. The van der Waals surface area contributed by atoms with Gasteiger partial charge >= 0.3 is 0 Å². The molecule has 0 saturated heterocycles. The van der Waals surface area contributed by atoms with Crippen LogP contribution in [-0.4, -0.2) is 31.8 Å². The summed E-state index contributed by atoms with van der Waals surface area (Å²) in [6.07, 6.45) is 1.45. The summed E-state index contributed by atoms with van der Waals surface area (Å²) >= 11 is 6.70. The van der Waals surface area contributed by atoms with Crippen LogP contribution in [0.1, 0.15) is 26.3 Å². The van der Waals surface area contributed by atoms with E-state index in [4.69, 9.17) is 27.2 Å². The van der Waals surface area contributed by atoms with E-state index in [2.05, 4.69) is 35.7 Å². The predicted molar refractivity (Wildman–Crippen MR) is 108 cm³/mol. The van der Waals surface area contributed by atoms with Gasteiger partial charge < -0.3 is 15.5 Å². The second-order valence-electron chi connectivity index (χ2n) is 7.52. The molecule has 0 fully saturated rings. The molecule has 7 nitrogen and oxygen atoms in total. The van der Waals surface area contributed by atoms with Crippen LogP contribution in [-0.2, 0) is 16.9 Å². The number of nitrogens with one attached hydrogen (secondary N) is 1. The smallest absolute Gasteiger partial charge is 0.164 e. The quantitative estimate of drug-likeness (QED) is 0.554. The fourth-order valence-electron chi connectivity index (χ4n) is 3.25. The molecule has 3 N–H and O–H groups in total. The van der Waals surface area contributed by atoms with Crippen LogP contribution in [0.25, 0.3) is 33.3 Å². The minimum Gasteiger partial charge on any atom is -0.383 e. The first-order valence-electron chi connectivity index (χ1n) is 8.60. The van der Waals surface area contributed by atoms with Crippen molar-refractivity contribution in [2.45, 2.75) is 32.9 Å². The number of hydrogen-bond acceptors (Lipinski definition) is 5. The average molecular weight is 385 g/mol. The number of aromatic amines is 1. The van der Waals surface area contributed by atoms with Crippen LogP contribution in [0.3, 0.4) is 0 Å². The van der Waals surface area contributed by atoms with Crippen LogP contribution < -0.4 is 5.73 Å². The van der Waals surface area contributed by atoms with Gasteiger partial charge in [0.15, 0.2) is 5.65 Å². The van der Waals surface area contributed by atoms with Crippen molar-refractivity contribution in [2.75, 3.05) is 12.8 Å². The van der Waals surface area contributed by atoms with E-state index in [1.54, 1.807) is 7.11 Å². The number of fused-ring (bicyclic) bond motifs is 2. The van der Waals surface area contributed by atoms with E-state index in [0.29, 0.717) is 39.9 Å². The zero-order valence-corrected chi connectivity index (χ0v) is 16.4. The Hall–Kier alpha value is -2.64.